The maximum atomic E-state index is 12.5. The van der Waals surface area contributed by atoms with Crippen molar-refractivity contribution in [1.29, 1.82) is 0 Å². The normalized spacial score (nSPS) is 10.7. The monoisotopic (exact) mass is 236 g/mol. The maximum Gasteiger partial charge on any atom is 0.354 e. The van der Waals surface area contributed by atoms with E-state index in [-0.39, 0.29) is 17.3 Å². The number of halogens is 3. The quantitative estimate of drug-likeness (QED) is 0.785. The van der Waals surface area contributed by atoms with Crippen LogP contribution in [-0.4, -0.2) is 16.1 Å². The fraction of sp³-hybridized carbons (Fsp3) is 0.250. The molecule has 0 bridgehead atoms. The molecule has 0 aliphatic carbocycles. The van der Waals surface area contributed by atoms with Gasteiger partial charge in [-0.3, -0.25) is 0 Å². The Morgan fingerprint density at radius 1 is 1.67 bits per heavy atom. The number of pyridine rings is 1. The predicted octanol–water partition coefficient (Wildman–Crippen LogP) is 1.83. The fourth-order valence-corrected chi connectivity index (χ4v) is 1.34. The predicted molar refractivity (Wildman–Crippen MR) is 49.1 cm³/mol. The Bertz CT molecular complexity index is 398. The molecule has 82 valence electrons. The number of carbonyl (C=O) groups is 1. The van der Waals surface area contributed by atoms with Gasteiger partial charge in [-0.2, -0.15) is 0 Å². The summed E-state index contributed by atoms with van der Waals surface area (Å²) in [5.41, 5.74) is 4.17. The Kier molecular flexibility index (Phi) is 3.54. The first-order chi connectivity index (χ1) is 6.97. The summed E-state index contributed by atoms with van der Waals surface area (Å²) < 4.78 is 25.0. The van der Waals surface area contributed by atoms with Crippen molar-refractivity contribution >= 4 is 17.6 Å². The maximum absolute atomic E-state index is 12.5. The first-order valence-corrected chi connectivity index (χ1v) is 4.26. The van der Waals surface area contributed by atoms with Gasteiger partial charge in [-0.15, -0.1) is 0 Å². The van der Waals surface area contributed by atoms with E-state index in [0.29, 0.717) is 0 Å². The Morgan fingerprint density at radius 3 is 2.67 bits per heavy atom. The molecule has 0 saturated carbocycles. The third kappa shape index (κ3) is 2.40. The molecule has 0 aliphatic rings. The van der Waals surface area contributed by atoms with Crippen LogP contribution in [0, 0.1) is 0 Å². The van der Waals surface area contributed by atoms with Crippen molar-refractivity contribution < 1.29 is 18.7 Å². The van der Waals surface area contributed by atoms with E-state index in [1.165, 1.54) is 0 Å². The van der Waals surface area contributed by atoms with Crippen molar-refractivity contribution in [2.24, 2.45) is 5.73 Å². The van der Waals surface area contributed by atoms with E-state index < -0.39 is 23.7 Å². The van der Waals surface area contributed by atoms with Gasteiger partial charge in [0.15, 0.2) is 0 Å². The molecule has 1 rings (SSSR count). The molecule has 0 saturated heterocycles. The Labute approximate surface area is 88.7 Å². The molecule has 0 spiro atoms. The molecule has 0 amide bonds. The SMILES string of the molecule is NCc1c(C(F)F)cc(C(=O)O)nc1Cl. The topological polar surface area (TPSA) is 76.2 Å². The smallest absolute Gasteiger partial charge is 0.354 e. The highest BCUT2D eigenvalue weighted by Crippen LogP contribution is 2.27. The van der Waals surface area contributed by atoms with Crippen LogP contribution in [0.3, 0.4) is 0 Å². The molecular weight excluding hydrogens is 230 g/mol. The molecule has 7 heteroatoms. The zero-order valence-electron chi connectivity index (χ0n) is 7.38. The summed E-state index contributed by atoms with van der Waals surface area (Å²) in [5.74, 6) is -1.41. The van der Waals surface area contributed by atoms with Gasteiger partial charge in [-0.1, -0.05) is 11.6 Å². The van der Waals surface area contributed by atoms with E-state index in [4.69, 9.17) is 22.4 Å². The number of aromatic nitrogens is 1. The minimum atomic E-state index is -2.83. The van der Waals surface area contributed by atoms with Crippen molar-refractivity contribution in [3.63, 3.8) is 0 Å². The molecule has 0 fully saturated rings. The van der Waals surface area contributed by atoms with Gasteiger partial charge in [0.05, 0.1) is 0 Å². The van der Waals surface area contributed by atoms with Crippen LogP contribution in [0.15, 0.2) is 6.07 Å². The van der Waals surface area contributed by atoms with Crippen molar-refractivity contribution in [3.05, 3.63) is 28.0 Å². The average molecular weight is 237 g/mol. The molecule has 0 radical (unpaired) electrons. The van der Waals surface area contributed by atoms with E-state index in [9.17, 15) is 13.6 Å². The minimum Gasteiger partial charge on any atom is -0.477 e. The van der Waals surface area contributed by atoms with Gasteiger partial charge >= 0.3 is 5.97 Å². The number of carboxylic acid groups (broad SMARTS) is 1. The van der Waals surface area contributed by atoms with Crippen molar-refractivity contribution in [2.45, 2.75) is 13.0 Å². The summed E-state index contributed by atoms with van der Waals surface area (Å²) in [6.07, 6.45) is -2.83. The summed E-state index contributed by atoms with van der Waals surface area (Å²) in [7, 11) is 0. The molecule has 4 nitrogen and oxygen atoms in total. The van der Waals surface area contributed by atoms with E-state index in [0.717, 1.165) is 6.07 Å². The van der Waals surface area contributed by atoms with Crippen LogP contribution < -0.4 is 5.73 Å². The third-order valence-electron chi connectivity index (χ3n) is 1.77. The van der Waals surface area contributed by atoms with Gasteiger partial charge in [-0.25, -0.2) is 18.6 Å². The van der Waals surface area contributed by atoms with Crippen LogP contribution in [-0.2, 0) is 6.54 Å². The van der Waals surface area contributed by atoms with Crippen LogP contribution in [0.5, 0.6) is 0 Å². The molecule has 0 atom stereocenters. The van der Waals surface area contributed by atoms with Crippen LogP contribution in [0.25, 0.3) is 0 Å². The number of carboxylic acids is 1. The van der Waals surface area contributed by atoms with Crippen LogP contribution in [0.4, 0.5) is 8.78 Å². The lowest BCUT2D eigenvalue weighted by atomic mass is 10.1. The van der Waals surface area contributed by atoms with Crippen LogP contribution >= 0.6 is 11.6 Å². The number of nitrogens with two attached hydrogens (primary N) is 1. The Hall–Kier alpha value is -1.27. The standard InChI is InChI=1S/C8H7ClF2N2O2/c9-6-4(2-12)3(7(10)11)1-5(13-6)8(14)15/h1,7H,2,12H2,(H,14,15). The summed E-state index contributed by atoms with van der Waals surface area (Å²) in [4.78, 5) is 14.0. The molecule has 1 aromatic heterocycles. The molecule has 1 aromatic rings. The number of nitrogens with zero attached hydrogens (tertiary/aromatic N) is 1. The van der Waals surface area contributed by atoms with Crippen molar-refractivity contribution in [2.75, 3.05) is 0 Å². The third-order valence-corrected chi connectivity index (χ3v) is 2.08. The van der Waals surface area contributed by atoms with E-state index in [1.54, 1.807) is 0 Å². The van der Waals surface area contributed by atoms with E-state index >= 15 is 0 Å². The lowest BCUT2D eigenvalue weighted by molar-refractivity contribution is 0.0690. The second-order valence-electron chi connectivity index (χ2n) is 2.68. The number of hydrogen-bond donors (Lipinski definition) is 2. The first kappa shape index (κ1) is 11.8. The number of hydrogen-bond acceptors (Lipinski definition) is 3. The highest BCUT2D eigenvalue weighted by molar-refractivity contribution is 6.30. The lowest BCUT2D eigenvalue weighted by Gasteiger charge is -2.09. The largest absolute Gasteiger partial charge is 0.477 e. The highest BCUT2D eigenvalue weighted by Gasteiger charge is 2.19. The van der Waals surface area contributed by atoms with Gasteiger partial charge < -0.3 is 10.8 Å². The Morgan fingerprint density at radius 2 is 2.27 bits per heavy atom. The zero-order valence-corrected chi connectivity index (χ0v) is 8.13. The van der Waals surface area contributed by atoms with Crippen LogP contribution in [0.1, 0.15) is 28.0 Å². The Balaban J connectivity index is 3.38. The van der Waals surface area contributed by atoms with Gasteiger partial charge in [0, 0.05) is 17.7 Å². The fourth-order valence-electron chi connectivity index (χ4n) is 1.07. The summed E-state index contributed by atoms with van der Waals surface area (Å²) in [5, 5.41) is 8.28. The lowest BCUT2D eigenvalue weighted by Crippen LogP contribution is -2.09. The first-order valence-electron chi connectivity index (χ1n) is 3.88. The molecular formula is C8H7ClF2N2O2. The molecule has 0 unspecified atom stereocenters. The summed E-state index contributed by atoms with van der Waals surface area (Å²) in [6.45, 7) is -0.217. The van der Waals surface area contributed by atoms with E-state index in [1.807, 2.05) is 0 Å². The van der Waals surface area contributed by atoms with Gasteiger partial charge in [0.1, 0.15) is 10.8 Å². The molecule has 0 aliphatic heterocycles. The number of aromatic carboxylic acids is 1. The zero-order chi connectivity index (χ0) is 11.6. The second-order valence-corrected chi connectivity index (χ2v) is 3.03. The summed E-state index contributed by atoms with van der Waals surface area (Å²) >= 11 is 5.54. The highest BCUT2D eigenvalue weighted by atomic mass is 35.5. The minimum absolute atomic E-state index is 0.0309. The summed E-state index contributed by atoms with van der Waals surface area (Å²) in [6, 6.07) is 0.779. The molecule has 3 N–H and O–H groups in total. The van der Waals surface area contributed by atoms with Gasteiger partial charge in [0.25, 0.3) is 6.43 Å². The molecule has 0 aromatic carbocycles. The molecule has 1 heterocycles. The van der Waals surface area contributed by atoms with E-state index in [2.05, 4.69) is 4.98 Å². The number of alkyl halides is 2. The van der Waals surface area contributed by atoms with Crippen molar-refractivity contribution in [3.8, 4) is 0 Å². The second kappa shape index (κ2) is 4.50. The number of rotatable bonds is 3. The van der Waals surface area contributed by atoms with Gasteiger partial charge in [-0.05, 0) is 6.07 Å². The van der Waals surface area contributed by atoms with Gasteiger partial charge in [0.2, 0.25) is 0 Å². The van der Waals surface area contributed by atoms with Crippen LogP contribution in [0.2, 0.25) is 5.15 Å². The average Bonchev–Trinajstić information content (AvgIpc) is 2.16. The molecule has 15 heavy (non-hydrogen) atoms. The van der Waals surface area contributed by atoms with Crippen molar-refractivity contribution in [1.82, 2.24) is 4.98 Å².